The van der Waals surface area contributed by atoms with Crippen LogP contribution in [-0.4, -0.2) is 22.6 Å². The second-order valence-electron chi connectivity index (χ2n) is 3.12. The number of carbonyl (C=O) groups excluding carboxylic acids is 2. The molecule has 1 aliphatic rings. The largest absolute Gasteiger partial charge is 0.478 e. The van der Waals surface area contributed by atoms with Gasteiger partial charge in [-0.1, -0.05) is 30.4 Å². The summed E-state index contributed by atoms with van der Waals surface area (Å²) in [6.45, 7) is 0. The molecule has 0 spiro atoms. The molecule has 0 aromatic heterocycles. The predicted molar refractivity (Wildman–Crippen MR) is 61.7 cm³/mol. The van der Waals surface area contributed by atoms with Gasteiger partial charge in [0.15, 0.2) is 0 Å². The average Bonchev–Trinajstić information content (AvgIpc) is 2.35. The lowest BCUT2D eigenvalue weighted by Gasteiger charge is -1.88. The van der Waals surface area contributed by atoms with Gasteiger partial charge in [-0.05, 0) is 24.3 Å². The van der Waals surface area contributed by atoms with Crippen LogP contribution in [0, 0.1) is 0 Å². The van der Waals surface area contributed by atoms with Crippen molar-refractivity contribution in [1.29, 1.82) is 0 Å². The van der Waals surface area contributed by atoms with E-state index in [2.05, 4.69) is 0 Å². The van der Waals surface area contributed by atoms with Crippen LogP contribution in [0.15, 0.2) is 54.6 Å². The number of carboxylic acid groups (broad SMARTS) is 1. The smallest absolute Gasteiger partial charge is 0.335 e. The topological polar surface area (TPSA) is 71.4 Å². The maximum absolute atomic E-state index is 10.3. The fourth-order valence-corrected chi connectivity index (χ4v) is 1.03. The molecule has 1 N–H and O–H groups in total. The van der Waals surface area contributed by atoms with E-state index in [0.29, 0.717) is 5.56 Å². The lowest BCUT2D eigenvalue weighted by Crippen LogP contribution is -2.08. The summed E-state index contributed by atoms with van der Waals surface area (Å²) in [5.74, 6) is -1.75. The minimum absolute atomic E-state index is 0.331. The van der Waals surface area contributed by atoms with Gasteiger partial charge in [0.25, 0.3) is 0 Å². The van der Waals surface area contributed by atoms with Crippen molar-refractivity contribution >= 4 is 17.5 Å². The molecule has 17 heavy (non-hydrogen) atoms. The zero-order chi connectivity index (χ0) is 12.7. The lowest BCUT2D eigenvalue weighted by molar-refractivity contribution is -0.131. The quantitative estimate of drug-likeness (QED) is 0.588. The zero-order valence-electron chi connectivity index (χ0n) is 8.87. The van der Waals surface area contributed by atoms with Crippen molar-refractivity contribution in [2.24, 2.45) is 0 Å². The van der Waals surface area contributed by atoms with Gasteiger partial charge in [-0.3, -0.25) is 9.59 Å². The highest BCUT2D eigenvalue weighted by atomic mass is 16.4. The van der Waals surface area contributed by atoms with Crippen LogP contribution in [0.25, 0.3) is 0 Å². The molecule has 0 aliphatic heterocycles. The highest BCUT2D eigenvalue weighted by Crippen LogP contribution is 1.96. The van der Waals surface area contributed by atoms with Crippen LogP contribution in [0.1, 0.15) is 10.4 Å². The number of carboxylic acids is 1. The van der Waals surface area contributed by atoms with Crippen LogP contribution < -0.4 is 0 Å². The standard InChI is InChI=1S/C7H6O2.C6H4O2/c8-7(9)6-4-2-1-3-5-6;7-5-3-1-2-4-6(5)8/h1-5H,(H,8,9);1-4H. The van der Waals surface area contributed by atoms with Gasteiger partial charge in [0.05, 0.1) is 5.56 Å². The Labute approximate surface area is 97.9 Å². The molecule has 1 aromatic carbocycles. The summed E-state index contributed by atoms with van der Waals surface area (Å²) in [4.78, 5) is 30.8. The normalized spacial score (nSPS) is 12.9. The maximum atomic E-state index is 10.3. The Bertz CT molecular complexity index is 461. The highest BCUT2D eigenvalue weighted by Gasteiger charge is 2.06. The van der Waals surface area contributed by atoms with Gasteiger partial charge in [-0.2, -0.15) is 0 Å². The van der Waals surface area contributed by atoms with Crippen molar-refractivity contribution in [1.82, 2.24) is 0 Å². The van der Waals surface area contributed by atoms with Crippen molar-refractivity contribution in [3.63, 3.8) is 0 Å². The average molecular weight is 230 g/mol. The van der Waals surface area contributed by atoms with Crippen LogP contribution in [0.4, 0.5) is 0 Å². The van der Waals surface area contributed by atoms with E-state index in [-0.39, 0.29) is 0 Å². The summed E-state index contributed by atoms with van der Waals surface area (Å²) < 4.78 is 0. The first-order valence-corrected chi connectivity index (χ1v) is 4.82. The van der Waals surface area contributed by atoms with Crippen molar-refractivity contribution in [2.75, 3.05) is 0 Å². The number of hydrogen-bond donors (Lipinski definition) is 1. The summed E-state index contributed by atoms with van der Waals surface area (Å²) in [7, 11) is 0. The Morgan fingerprint density at radius 2 is 1.35 bits per heavy atom. The molecule has 0 atom stereocenters. The first kappa shape index (κ1) is 12.6. The summed E-state index contributed by atoms with van der Waals surface area (Å²) in [5, 5.41) is 8.38. The predicted octanol–water partition coefficient (Wildman–Crippen LogP) is 1.64. The van der Waals surface area contributed by atoms with E-state index in [1.807, 2.05) is 0 Å². The molecule has 4 heteroatoms. The Morgan fingerprint density at radius 1 is 0.882 bits per heavy atom. The Morgan fingerprint density at radius 3 is 1.65 bits per heavy atom. The molecule has 0 saturated heterocycles. The second kappa shape index (κ2) is 6.17. The third-order valence-corrected chi connectivity index (χ3v) is 1.87. The van der Waals surface area contributed by atoms with E-state index < -0.39 is 17.5 Å². The van der Waals surface area contributed by atoms with Crippen molar-refractivity contribution in [3.05, 3.63) is 60.2 Å². The number of hydrogen-bond acceptors (Lipinski definition) is 3. The van der Waals surface area contributed by atoms with Crippen LogP contribution in [-0.2, 0) is 9.59 Å². The Kier molecular flexibility index (Phi) is 4.57. The molecule has 0 unspecified atom stereocenters. The van der Waals surface area contributed by atoms with Gasteiger partial charge in [0.1, 0.15) is 0 Å². The van der Waals surface area contributed by atoms with Crippen LogP contribution in [0.3, 0.4) is 0 Å². The fraction of sp³-hybridized carbons (Fsp3) is 0. The van der Waals surface area contributed by atoms with Gasteiger partial charge in [0, 0.05) is 0 Å². The highest BCUT2D eigenvalue weighted by molar-refractivity contribution is 6.46. The summed E-state index contributed by atoms with van der Waals surface area (Å²) >= 11 is 0. The molecule has 0 heterocycles. The van der Waals surface area contributed by atoms with Crippen LogP contribution >= 0.6 is 0 Å². The number of benzene rings is 1. The molecule has 1 aromatic rings. The van der Waals surface area contributed by atoms with Crippen molar-refractivity contribution in [3.8, 4) is 0 Å². The summed E-state index contributed by atoms with van der Waals surface area (Å²) in [6, 6.07) is 8.30. The SMILES string of the molecule is O=C(O)c1ccccc1.O=C1C=CC=CC1=O. The lowest BCUT2D eigenvalue weighted by atomic mass is 10.1. The van der Waals surface area contributed by atoms with E-state index in [1.165, 1.54) is 12.2 Å². The van der Waals surface area contributed by atoms with E-state index in [1.54, 1.807) is 42.5 Å². The number of allylic oxidation sites excluding steroid dienone is 4. The first-order valence-electron chi connectivity index (χ1n) is 4.82. The van der Waals surface area contributed by atoms with Gasteiger partial charge in [0.2, 0.25) is 11.6 Å². The van der Waals surface area contributed by atoms with Gasteiger partial charge < -0.3 is 5.11 Å². The molecule has 1 aliphatic carbocycles. The molecule has 0 saturated carbocycles. The van der Waals surface area contributed by atoms with Crippen LogP contribution in [0.2, 0.25) is 0 Å². The number of ketones is 2. The van der Waals surface area contributed by atoms with Gasteiger partial charge >= 0.3 is 5.97 Å². The Balaban J connectivity index is 0.000000171. The van der Waals surface area contributed by atoms with Crippen molar-refractivity contribution < 1.29 is 19.5 Å². The Hall–Kier alpha value is -2.49. The molecular formula is C13H10O4. The number of carbonyl (C=O) groups is 3. The van der Waals surface area contributed by atoms with E-state index >= 15 is 0 Å². The summed E-state index contributed by atoms with van der Waals surface area (Å²) in [6.07, 6.45) is 5.60. The molecule has 0 bridgehead atoms. The third-order valence-electron chi connectivity index (χ3n) is 1.87. The molecule has 0 fully saturated rings. The van der Waals surface area contributed by atoms with E-state index in [0.717, 1.165) is 0 Å². The van der Waals surface area contributed by atoms with E-state index in [4.69, 9.17) is 5.11 Å². The first-order chi connectivity index (χ1) is 8.11. The third kappa shape index (κ3) is 4.25. The minimum atomic E-state index is -0.879. The fourth-order valence-electron chi connectivity index (χ4n) is 1.03. The number of rotatable bonds is 1. The maximum Gasteiger partial charge on any atom is 0.335 e. The minimum Gasteiger partial charge on any atom is -0.478 e. The van der Waals surface area contributed by atoms with Crippen LogP contribution in [0.5, 0.6) is 0 Å². The van der Waals surface area contributed by atoms with E-state index in [9.17, 15) is 14.4 Å². The molecule has 86 valence electrons. The van der Waals surface area contributed by atoms with Crippen molar-refractivity contribution in [2.45, 2.75) is 0 Å². The monoisotopic (exact) mass is 230 g/mol. The molecule has 4 nitrogen and oxygen atoms in total. The zero-order valence-corrected chi connectivity index (χ0v) is 8.87. The molecule has 2 rings (SSSR count). The van der Waals surface area contributed by atoms with Gasteiger partial charge in [-0.25, -0.2) is 4.79 Å². The molecule has 0 amide bonds. The molecular weight excluding hydrogens is 220 g/mol. The second-order valence-corrected chi connectivity index (χ2v) is 3.12. The summed E-state index contributed by atoms with van der Waals surface area (Å²) in [5.41, 5.74) is 0.331. The molecule has 0 radical (unpaired) electrons. The van der Waals surface area contributed by atoms with Gasteiger partial charge in [-0.15, -0.1) is 0 Å². The number of aromatic carboxylic acids is 1.